The second kappa shape index (κ2) is 17.8. The van der Waals surface area contributed by atoms with Crippen LogP contribution in [0.25, 0.3) is 32.7 Å². The number of hydrogen-bond donors (Lipinski definition) is 5. The summed E-state index contributed by atoms with van der Waals surface area (Å²) in [6, 6.07) is 10.3. The van der Waals surface area contributed by atoms with Gasteiger partial charge in [-0.25, -0.2) is 9.59 Å². The van der Waals surface area contributed by atoms with E-state index in [1.165, 1.54) is 18.2 Å². The lowest BCUT2D eigenvalue weighted by Crippen LogP contribution is -2.41. The maximum Gasteiger partial charge on any atom is 0.407 e. The van der Waals surface area contributed by atoms with Crippen molar-refractivity contribution in [1.82, 2.24) is 19.8 Å². The molecule has 0 saturated heterocycles. The Balaban J connectivity index is 1.58. The zero-order chi connectivity index (χ0) is 40.7. The zero-order valence-corrected chi connectivity index (χ0v) is 31.8. The van der Waals surface area contributed by atoms with Crippen molar-refractivity contribution >= 4 is 45.3 Å². The lowest BCUT2D eigenvalue weighted by Gasteiger charge is -2.25. The number of rotatable bonds is 17. The summed E-state index contributed by atoms with van der Waals surface area (Å²) in [5, 5.41) is 20.8. The van der Waals surface area contributed by atoms with Gasteiger partial charge < -0.3 is 36.3 Å². The number of unbranched alkanes of at least 4 members (excludes halogenated alkanes) is 1. The summed E-state index contributed by atoms with van der Waals surface area (Å²) in [5.74, 6) is -1.45. The molecule has 56 heavy (non-hydrogen) atoms. The van der Waals surface area contributed by atoms with Crippen LogP contribution in [0.2, 0.25) is 0 Å². The predicted octanol–water partition coefficient (Wildman–Crippen LogP) is 3.53. The lowest BCUT2D eigenvalue weighted by atomic mass is 9.89. The van der Waals surface area contributed by atoms with Gasteiger partial charge in [0.25, 0.3) is 16.7 Å². The van der Waals surface area contributed by atoms with Crippen molar-refractivity contribution in [3.8, 4) is 17.0 Å². The first-order chi connectivity index (χ1) is 26.7. The first-order valence-corrected chi connectivity index (χ1v) is 18.4. The molecule has 3 amide bonds. The number of amides is 3. The van der Waals surface area contributed by atoms with Gasteiger partial charge >= 0.3 is 12.2 Å². The number of aromatic nitrogens is 2. The standard InChI is InChI=1S/C40H47N7O9/c1-6-18-55-39(53)43-16-17-46-35(49)25-19-28(45-23(4)5)33-31-26(20-27(44-22(2)3)32(30(25)31)37(46)51)36(50)47(38(33)52)29(34(41)48)14-10-11-15-42-40(54)56-21-24-12-8-7-9-13-24/h6-9,12-13,19-20,22-23,29,44,50H,1,10-11,14-18,21H2,2-5H3,(H2,41,48)(H,42,54)(H,43,53)/t29-/m0/s1. The fraction of sp³-hybridized carbons (Fsp3) is 0.375. The molecule has 1 aliphatic carbocycles. The summed E-state index contributed by atoms with van der Waals surface area (Å²) in [5.41, 5.74) is 5.04. The normalized spacial score (nSPS) is 12.4. The van der Waals surface area contributed by atoms with E-state index in [1.807, 2.05) is 44.2 Å². The van der Waals surface area contributed by atoms with Crippen LogP contribution >= 0.6 is 0 Å². The Bertz CT molecular complexity index is 2440. The molecule has 3 aromatic rings. The van der Waals surface area contributed by atoms with Crippen molar-refractivity contribution in [2.45, 2.75) is 78.2 Å². The average Bonchev–Trinajstić information content (AvgIpc) is 3.14. The summed E-state index contributed by atoms with van der Waals surface area (Å²) in [7, 11) is 0. The molecule has 16 nitrogen and oxygen atoms in total. The quantitative estimate of drug-likeness (QED) is 0.0526. The highest BCUT2D eigenvalue weighted by Gasteiger charge is 2.32. The minimum absolute atomic E-state index is 0.00245. The van der Waals surface area contributed by atoms with E-state index >= 15 is 0 Å². The van der Waals surface area contributed by atoms with Gasteiger partial charge in [0.05, 0.1) is 21.7 Å². The average molecular weight is 770 g/mol. The van der Waals surface area contributed by atoms with Gasteiger partial charge in [0.15, 0.2) is 0 Å². The van der Waals surface area contributed by atoms with Crippen LogP contribution in [0.1, 0.15) is 58.6 Å². The molecule has 0 radical (unpaired) electrons. The van der Waals surface area contributed by atoms with Crippen molar-refractivity contribution in [2.24, 2.45) is 10.7 Å². The number of aromatic hydroxyl groups is 1. The third-order valence-corrected chi connectivity index (χ3v) is 9.03. The molecule has 0 saturated carbocycles. The molecule has 1 aliphatic heterocycles. The first kappa shape index (κ1) is 40.7. The van der Waals surface area contributed by atoms with Crippen molar-refractivity contribution < 1.29 is 29.0 Å². The van der Waals surface area contributed by atoms with Crippen molar-refractivity contribution in [2.75, 3.05) is 25.0 Å². The number of hydrogen-bond acceptors (Lipinski definition) is 11. The maximum absolute atomic E-state index is 14.6. The van der Waals surface area contributed by atoms with Crippen LogP contribution in [0.4, 0.5) is 15.3 Å². The van der Waals surface area contributed by atoms with Crippen LogP contribution in [0.3, 0.4) is 0 Å². The fourth-order valence-electron chi connectivity index (χ4n) is 6.70. The van der Waals surface area contributed by atoms with E-state index < -0.39 is 46.7 Å². The number of nitrogens with one attached hydrogen (secondary N) is 3. The highest BCUT2D eigenvalue weighted by Crippen LogP contribution is 2.41. The van der Waals surface area contributed by atoms with Crippen molar-refractivity contribution in [3.05, 3.63) is 97.1 Å². The maximum atomic E-state index is 14.6. The number of benzene rings is 3. The molecule has 0 fully saturated rings. The Kier molecular flexibility index (Phi) is 12.9. The van der Waals surface area contributed by atoms with Crippen LogP contribution < -0.4 is 43.7 Å². The number of nitrogens with two attached hydrogens (primary N) is 1. The van der Waals surface area contributed by atoms with Gasteiger partial charge in [-0.3, -0.25) is 33.3 Å². The molecule has 0 spiro atoms. The predicted molar refractivity (Wildman–Crippen MR) is 213 cm³/mol. The van der Waals surface area contributed by atoms with Gasteiger partial charge in [-0.1, -0.05) is 43.0 Å². The van der Waals surface area contributed by atoms with E-state index in [9.17, 15) is 33.9 Å². The van der Waals surface area contributed by atoms with Crippen LogP contribution in [0, 0.1) is 0 Å². The second-order valence-electron chi connectivity index (χ2n) is 13.9. The van der Waals surface area contributed by atoms with E-state index in [2.05, 4.69) is 27.5 Å². The molecule has 2 heterocycles. The van der Waals surface area contributed by atoms with Crippen LogP contribution in [-0.4, -0.2) is 64.1 Å². The Morgan fingerprint density at radius 3 is 2.27 bits per heavy atom. The summed E-state index contributed by atoms with van der Waals surface area (Å²) >= 11 is 0. The molecule has 6 N–H and O–H groups in total. The summed E-state index contributed by atoms with van der Waals surface area (Å²) in [6.07, 6.45) is 0.802. The fourth-order valence-corrected chi connectivity index (χ4v) is 6.70. The first-order valence-electron chi connectivity index (χ1n) is 18.4. The molecule has 296 valence electrons. The largest absolute Gasteiger partial charge is 0.494 e. The van der Waals surface area contributed by atoms with E-state index in [0.29, 0.717) is 12.8 Å². The molecular weight excluding hydrogens is 722 g/mol. The number of nitrogens with zero attached hydrogens (tertiary/aromatic N) is 3. The van der Waals surface area contributed by atoms with Crippen LogP contribution in [0.5, 0.6) is 5.88 Å². The van der Waals surface area contributed by atoms with E-state index in [-0.39, 0.29) is 95.1 Å². The number of pyridine rings is 2. The van der Waals surface area contributed by atoms with E-state index in [0.717, 1.165) is 14.7 Å². The minimum atomic E-state index is -1.30. The number of primary amides is 1. The Labute approximate surface area is 321 Å². The smallest absolute Gasteiger partial charge is 0.407 e. The van der Waals surface area contributed by atoms with Gasteiger partial charge in [-0.15, -0.1) is 0 Å². The molecule has 1 aromatic heterocycles. The molecule has 2 aliphatic rings. The SMILES string of the molecule is C=CCOC(=O)NCCn1c(=O)c2cc(=NC(C)C)c3c(=O)n([C@@H](CCCCNC(=O)OCc4ccccc4)C(N)=O)c(O)c4cc(NC(C)C)c(c-2c43)c1=O. The van der Waals surface area contributed by atoms with E-state index in [1.54, 1.807) is 13.8 Å². The van der Waals surface area contributed by atoms with Gasteiger partial charge in [0.2, 0.25) is 11.8 Å². The molecule has 2 aromatic carbocycles. The molecule has 0 bridgehead atoms. The highest BCUT2D eigenvalue weighted by atomic mass is 16.6. The Hall–Kier alpha value is -6.45. The lowest BCUT2D eigenvalue weighted by molar-refractivity contribution is -0.121. The molecule has 5 rings (SSSR count). The van der Waals surface area contributed by atoms with Gasteiger partial charge in [0.1, 0.15) is 19.3 Å². The third kappa shape index (κ3) is 8.74. The van der Waals surface area contributed by atoms with E-state index in [4.69, 9.17) is 15.2 Å². The minimum Gasteiger partial charge on any atom is -0.494 e. The van der Waals surface area contributed by atoms with Gasteiger partial charge in [0, 0.05) is 53.7 Å². The zero-order valence-electron chi connectivity index (χ0n) is 31.8. The van der Waals surface area contributed by atoms with Crippen molar-refractivity contribution in [3.63, 3.8) is 0 Å². The monoisotopic (exact) mass is 769 g/mol. The van der Waals surface area contributed by atoms with Crippen molar-refractivity contribution in [1.29, 1.82) is 0 Å². The molecule has 16 heteroatoms. The number of alkyl carbamates (subject to hydrolysis) is 2. The molecule has 1 atom stereocenters. The van der Waals surface area contributed by atoms with Crippen LogP contribution in [0.15, 0.2) is 74.5 Å². The second-order valence-corrected chi connectivity index (χ2v) is 13.9. The Morgan fingerprint density at radius 1 is 0.911 bits per heavy atom. The number of carbonyl (C=O) groups is 3. The summed E-state index contributed by atoms with van der Waals surface area (Å²) < 4.78 is 12.1. The Morgan fingerprint density at radius 2 is 1.61 bits per heavy atom. The number of carbonyl (C=O) groups excluding carboxylic acids is 3. The van der Waals surface area contributed by atoms with Gasteiger partial charge in [-0.05, 0) is 64.7 Å². The highest BCUT2D eigenvalue weighted by molar-refractivity contribution is 6.19. The third-order valence-electron chi connectivity index (χ3n) is 9.03. The number of ether oxygens (including phenoxy) is 2. The molecule has 0 unspecified atom stereocenters. The summed E-state index contributed by atoms with van der Waals surface area (Å²) in [6.45, 7) is 10.7. The number of anilines is 1. The topological polar surface area (TPSA) is 225 Å². The molecular formula is C40H47N7O9. The van der Waals surface area contributed by atoms with Crippen LogP contribution in [-0.2, 0) is 27.4 Å². The van der Waals surface area contributed by atoms with Gasteiger partial charge in [-0.2, -0.15) is 0 Å². The summed E-state index contributed by atoms with van der Waals surface area (Å²) in [4.78, 5) is 84.9.